The van der Waals surface area contributed by atoms with Crippen LogP contribution in [-0.4, -0.2) is 14.5 Å². The van der Waals surface area contributed by atoms with E-state index in [0.717, 1.165) is 5.56 Å². The Morgan fingerprint density at radius 1 is 1.05 bits per heavy atom. The van der Waals surface area contributed by atoms with Crippen LogP contribution in [-0.2, 0) is 14.8 Å². The lowest BCUT2D eigenvalue weighted by Crippen LogP contribution is -2.13. The zero-order valence-electron chi connectivity index (χ0n) is 10.7. The molecule has 2 aromatic carbocycles. The van der Waals surface area contributed by atoms with E-state index in [-0.39, 0.29) is 4.90 Å². The Balaban J connectivity index is 2.31. The van der Waals surface area contributed by atoms with Gasteiger partial charge in [0, 0.05) is 0 Å². The van der Waals surface area contributed by atoms with Crippen molar-refractivity contribution in [1.29, 1.82) is 0 Å². The zero-order valence-corrected chi connectivity index (χ0v) is 11.5. The fourth-order valence-corrected chi connectivity index (χ4v) is 2.77. The molecule has 2 aromatic rings. The molecule has 0 aromatic heterocycles. The van der Waals surface area contributed by atoms with Crippen LogP contribution in [0.4, 0.5) is 11.4 Å². The first-order valence-electron chi connectivity index (χ1n) is 5.79. The molecule has 0 aliphatic carbocycles. The fraction of sp³-hybridized carbons (Fsp3) is 0.0714. The van der Waals surface area contributed by atoms with Crippen LogP contribution in [0.15, 0.2) is 58.4 Å². The lowest BCUT2D eigenvalue weighted by molar-refractivity contribution is 0.565. The molecule has 20 heavy (non-hydrogen) atoms. The highest BCUT2D eigenvalue weighted by Crippen LogP contribution is 2.21. The Hall–Kier alpha value is -2.43. The third-order valence-corrected chi connectivity index (χ3v) is 4.09. The SMILES string of the molecule is Cc1ccccc1NS(=O)(=O)c1ccc(N=C=O)cc1. The number of aliphatic imine (C=N–C) groups is 1. The Labute approximate surface area is 117 Å². The zero-order chi connectivity index (χ0) is 14.6. The standard InChI is InChI=1S/C14H12N2O3S/c1-11-4-2-3-5-14(11)16-20(18,19)13-8-6-12(7-9-13)15-10-17/h2-9,16H,1H3. The van der Waals surface area contributed by atoms with Gasteiger partial charge in [0.1, 0.15) is 0 Å². The van der Waals surface area contributed by atoms with E-state index in [1.165, 1.54) is 30.3 Å². The first kappa shape index (κ1) is 14.0. The van der Waals surface area contributed by atoms with Gasteiger partial charge in [-0.25, -0.2) is 13.2 Å². The number of nitrogens with one attached hydrogen (secondary N) is 1. The minimum Gasteiger partial charge on any atom is -0.279 e. The molecule has 0 heterocycles. The van der Waals surface area contributed by atoms with E-state index >= 15 is 0 Å². The molecule has 0 saturated carbocycles. The topological polar surface area (TPSA) is 75.6 Å². The van der Waals surface area contributed by atoms with Crippen molar-refractivity contribution >= 4 is 27.5 Å². The Morgan fingerprint density at radius 3 is 2.30 bits per heavy atom. The van der Waals surface area contributed by atoms with Crippen molar-refractivity contribution in [3.05, 3.63) is 54.1 Å². The van der Waals surface area contributed by atoms with Gasteiger partial charge >= 0.3 is 0 Å². The van der Waals surface area contributed by atoms with Gasteiger partial charge in [0.05, 0.1) is 16.3 Å². The quantitative estimate of drug-likeness (QED) is 0.694. The summed E-state index contributed by atoms with van der Waals surface area (Å²) in [6.07, 6.45) is 1.40. The van der Waals surface area contributed by atoms with E-state index in [2.05, 4.69) is 9.71 Å². The summed E-state index contributed by atoms with van der Waals surface area (Å²) in [5.74, 6) is 0. The van der Waals surface area contributed by atoms with Crippen molar-refractivity contribution in [2.45, 2.75) is 11.8 Å². The Kier molecular flexibility index (Phi) is 3.98. The van der Waals surface area contributed by atoms with Crippen LogP contribution in [0.25, 0.3) is 0 Å². The number of para-hydroxylation sites is 1. The average Bonchev–Trinajstić information content (AvgIpc) is 2.42. The predicted octanol–water partition coefficient (Wildman–Crippen LogP) is 2.76. The first-order valence-corrected chi connectivity index (χ1v) is 7.27. The van der Waals surface area contributed by atoms with Gasteiger partial charge in [0.25, 0.3) is 10.0 Å². The Morgan fingerprint density at radius 2 is 1.70 bits per heavy atom. The van der Waals surface area contributed by atoms with Gasteiger partial charge in [-0.3, -0.25) is 4.72 Å². The van der Waals surface area contributed by atoms with Crippen molar-refractivity contribution < 1.29 is 13.2 Å². The van der Waals surface area contributed by atoms with Crippen LogP contribution in [0, 0.1) is 6.92 Å². The van der Waals surface area contributed by atoms with Crippen LogP contribution in [0.2, 0.25) is 0 Å². The normalized spacial score (nSPS) is 10.7. The van der Waals surface area contributed by atoms with E-state index in [0.29, 0.717) is 11.4 Å². The monoisotopic (exact) mass is 288 g/mol. The Bertz CT molecular complexity index is 761. The number of rotatable bonds is 4. The summed E-state index contributed by atoms with van der Waals surface area (Å²) in [6.45, 7) is 1.82. The molecule has 102 valence electrons. The molecule has 0 radical (unpaired) electrons. The van der Waals surface area contributed by atoms with E-state index in [1.54, 1.807) is 12.1 Å². The fourth-order valence-electron chi connectivity index (χ4n) is 1.64. The molecule has 0 unspecified atom stereocenters. The van der Waals surface area contributed by atoms with Crippen molar-refractivity contribution in [2.24, 2.45) is 4.99 Å². The number of aryl methyl sites for hydroxylation is 1. The van der Waals surface area contributed by atoms with Crippen LogP contribution in [0.5, 0.6) is 0 Å². The number of carbonyl (C=O) groups excluding carboxylic acids is 1. The highest BCUT2D eigenvalue weighted by Gasteiger charge is 2.14. The maximum Gasteiger partial charge on any atom is 0.261 e. The van der Waals surface area contributed by atoms with Crippen molar-refractivity contribution in [2.75, 3.05) is 4.72 Å². The molecular weight excluding hydrogens is 276 g/mol. The summed E-state index contributed by atoms with van der Waals surface area (Å²) in [5, 5.41) is 0. The van der Waals surface area contributed by atoms with Gasteiger partial charge < -0.3 is 0 Å². The van der Waals surface area contributed by atoms with Crippen LogP contribution >= 0.6 is 0 Å². The van der Waals surface area contributed by atoms with Gasteiger partial charge in [0.15, 0.2) is 0 Å². The smallest absolute Gasteiger partial charge is 0.261 e. The second-order valence-electron chi connectivity index (χ2n) is 4.12. The molecule has 0 aliphatic heterocycles. The van der Waals surface area contributed by atoms with Crippen molar-refractivity contribution in [3.8, 4) is 0 Å². The maximum absolute atomic E-state index is 12.2. The summed E-state index contributed by atoms with van der Waals surface area (Å²) in [6, 6.07) is 12.8. The molecule has 0 fully saturated rings. The second-order valence-corrected chi connectivity index (χ2v) is 5.80. The largest absolute Gasteiger partial charge is 0.279 e. The number of isocyanates is 1. The maximum atomic E-state index is 12.2. The lowest BCUT2D eigenvalue weighted by atomic mass is 10.2. The van der Waals surface area contributed by atoms with E-state index in [9.17, 15) is 13.2 Å². The highest BCUT2D eigenvalue weighted by molar-refractivity contribution is 7.92. The van der Waals surface area contributed by atoms with Crippen molar-refractivity contribution in [1.82, 2.24) is 0 Å². The minimum atomic E-state index is -3.66. The van der Waals surface area contributed by atoms with Gasteiger partial charge in [-0.05, 0) is 42.8 Å². The molecule has 2 rings (SSSR count). The first-order chi connectivity index (χ1) is 9.53. The molecule has 0 bridgehead atoms. The van der Waals surface area contributed by atoms with Gasteiger partial charge in [0.2, 0.25) is 6.08 Å². The number of hydrogen-bond acceptors (Lipinski definition) is 4. The van der Waals surface area contributed by atoms with Crippen LogP contribution in [0.3, 0.4) is 0 Å². The number of benzene rings is 2. The number of sulfonamides is 1. The molecule has 1 N–H and O–H groups in total. The van der Waals surface area contributed by atoms with Gasteiger partial charge in [-0.15, -0.1) is 0 Å². The summed E-state index contributed by atoms with van der Waals surface area (Å²) in [4.78, 5) is 13.6. The second kappa shape index (κ2) is 5.69. The number of anilines is 1. The molecule has 0 amide bonds. The minimum absolute atomic E-state index is 0.102. The highest BCUT2D eigenvalue weighted by atomic mass is 32.2. The van der Waals surface area contributed by atoms with Crippen molar-refractivity contribution in [3.63, 3.8) is 0 Å². The van der Waals surface area contributed by atoms with Crippen LogP contribution in [0.1, 0.15) is 5.56 Å². The van der Waals surface area contributed by atoms with Gasteiger partial charge in [-0.2, -0.15) is 4.99 Å². The number of nitrogens with zero attached hydrogens (tertiary/aromatic N) is 1. The average molecular weight is 288 g/mol. The molecular formula is C14H12N2O3S. The predicted molar refractivity (Wildman–Crippen MR) is 76.2 cm³/mol. The van der Waals surface area contributed by atoms with Gasteiger partial charge in [-0.1, -0.05) is 18.2 Å². The van der Waals surface area contributed by atoms with E-state index in [1.807, 2.05) is 19.1 Å². The number of hydrogen-bond donors (Lipinski definition) is 1. The summed E-state index contributed by atoms with van der Waals surface area (Å²) >= 11 is 0. The molecule has 6 heteroatoms. The molecule has 0 aliphatic rings. The summed E-state index contributed by atoms with van der Waals surface area (Å²) in [5.41, 5.74) is 1.72. The van der Waals surface area contributed by atoms with E-state index in [4.69, 9.17) is 0 Å². The van der Waals surface area contributed by atoms with E-state index < -0.39 is 10.0 Å². The summed E-state index contributed by atoms with van der Waals surface area (Å²) in [7, 11) is -3.66. The summed E-state index contributed by atoms with van der Waals surface area (Å²) < 4.78 is 26.9. The third kappa shape index (κ3) is 3.12. The molecule has 5 nitrogen and oxygen atoms in total. The van der Waals surface area contributed by atoms with Crippen LogP contribution < -0.4 is 4.72 Å². The lowest BCUT2D eigenvalue weighted by Gasteiger charge is -2.10. The molecule has 0 spiro atoms. The molecule has 0 atom stereocenters. The molecule has 0 saturated heterocycles. The third-order valence-electron chi connectivity index (χ3n) is 2.71.